The summed E-state index contributed by atoms with van der Waals surface area (Å²) in [6, 6.07) is 1.67. The van der Waals surface area contributed by atoms with Gasteiger partial charge in [0.25, 0.3) is 22.2 Å². The van der Waals surface area contributed by atoms with Crippen molar-refractivity contribution in [3.63, 3.8) is 0 Å². The van der Waals surface area contributed by atoms with E-state index in [1.54, 1.807) is 0 Å². The van der Waals surface area contributed by atoms with E-state index in [0.717, 1.165) is 6.20 Å². The summed E-state index contributed by atoms with van der Waals surface area (Å²) in [5, 5.41) is 2.24. The van der Waals surface area contributed by atoms with Crippen molar-refractivity contribution in [2.45, 2.75) is 36.0 Å². The van der Waals surface area contributed by atoms with Crippen molar-refractivity contribution >= 4 is 15.7 Å². The molecule has 0 aliphatic heterocycles. The maximum atomic E-state index is 13.3. The third kappa shape index (κ3) is 6.96. The number of alkyl halides is 8. The van der Waals surface area contributed by atoms with Crippen LogP contribution in [0.3, 0.4) is 0 Å². The fourth-order valence-electron chi connectivity index (χ4n) is 3.16. The van der Waals surface area contributed by atoms with Gasteiger partial charge in [-0.2, -0.15) is 26.3 Å². The van der Waals surface area contributed by atoms with E-state index in [4.69, 9.17) is 4.74 Å². The predicted molar refractivity (Wildman–Crippen MR) is 117 cm³/mol. The summed E-state index contributed by atoms with van der Waals surface area (Å²) in [6.45, 7) is 0.453. The molecule has 1 N–H and O–H groups in total. The monoisotopic (exact) mass is 584 g/mol. The molecule has 0 saturated heterocycles. The van der Waals surface area contributed by atoms with Crippen LogP contribution in [-0.2, 0) is 16.0 Å². The Balaban J connectivity index is 1.93. The van der Waals surface area contributed by atoms with Gasteiger partial charge in [0.15, 0.2) is 0 Å². The average Bonchev–Trinajstić information content (AvgIpc) is 2.86. The molecule has 3 rings (SSSR count). The quantitative estimate of drug-likeness (QED) is 0.372. The van der Waals surface area contributed by atoms with E-state index in [-0.39, 0.29) is 41.0 Å². The van der Waals surface area contributed by atoms with Gasteiger partial charge >= 0.3 is 11.7 Å². The molecule has 0 bridgehead atoms. The van der Waals surface area contributed by atoms with Gasteiger partial charge in [-0.25, -0.2) is 17.2 Å². The first-order chi connectivity index (χ1) is 18.0. The Labute approximate surface area is 215 Å². The van der Waals surface area contributed by atoms with Crippen LogP contribution in [0.4, 0.5) is 35.1 Å². The molecule has 8 nitrogen and oxygen atoms in total. The molecule has 0 spiro atoms. The van der Waals surface area contributed by atoms with Crippen molar-refractivity contribution in [2.24, 2.45) is 0 Å². The van der Waals surface area contributed by atoms with Gasteiger partial charge < -0.3 is 10.1 Å². The number of ether oxygens (including phenoxy) is 1. The molecule has 0 radical (unpaired) electrons. The first-order valence-electron chi connectivity index (χ1n) is 10.5. The second-order valence-electron chi connectivity index (χ2n) is 7.76. The van der Waals surface area contributed by atoms with Gasteiger partial charge in [-0.05, 0) is 37.3 Å². The standard InChI is InChI=1S/C22H16F8N4O4S/c1-11(18-19(32-5-4-31-18)16-3-2-14(9-33-16)38-10-17(23)24)34-20(35)12-6-13(21(25,26)27)8-15(7-12)39(36,37)22(28,29)30/h2-9,11,17H,10H2,1H3,(H,34,35). The first kappa shape index (κ1) is 29.7. The molecule has 1 unspecified atom stereocenters. The highest BCUT2D eigenvalue weighted by Crippen LogP contribution is 2.36. The van der Waals surface area contributed by atoms with E-state index < -0.39 is 62.5 Å². The number of benzene rings is 1. The van der Waals surface area contributed by atoms with Crippen LogP contribution in [-0.4, -0.2) is 47.8 Å². The third-order valence-electron chi connectivity index (χ3n) is 4.95. The van der Waals surface area contributed by atoms with Gasteiger partial charge in [0.2, 0.25) is 0 Å². The van der Waals surface area contributed by atoms with E-state index >= 15 is 0 Å². The minimum Gasteiger partial charge on any atom is -0.486 e. The minimum atomic E-state index is -6.21. The van der Waals surface area contributed by atoms with Crippen LogP contribution in [0.2, 0.25) is 0 Å². The van der Waals surface area contributed by atoms with Crippen molar-refractivity contribution in [3.05, 3.63) is 65.7 Å². The summed E-state index contributed by atoms with van der Waals surface area (Å²) in [7, 11) is -6.21. The van der Waals surface area contributed by atoms with Crippen LogP contribution in [0.25, 0.3) is 11.4 Å². The molecular weight excluding hydrogens is 568 g/mol. The lowest BCUT2D eigenvalue weighted by Crippen LogP contribution is -2.29. The average molecular weight is 584 g/mol. The Morgan fingerprint density at radius 2 is 1.67 bits per heavy atom. The fraction of sp³-hybridized carbons (Fsp3) is 0.273. The van der Waals surface area contributed by atoms with E-state index in [1.807, 2.05) is 0 Å². The number of amides is 1. The van der Waals surface area contributed by atoms with Crippen molar-refractivity contribution in [1.29, 1.82) is 0 Å². The number of pyridine rings is 1. The van der Waals surface area contributed by atoms with E-state index in [9.17, 15) is 48.3 Å². The fourth-order valence-corrected chi connectivity index (χ4v) is 3.99. The van der Waals surface area contributed by atoms with E-state index in [1.165, 1.54) is 31.5 Å². The van der Waals surface area contributed by atoms with Crippen molar-refractivity contribution in [1.82, 2.24) is 20.3 Å². The predicted octanol–water partition coefficient (Wildman–Crippen LogP) is 4.99. The van der Waals surface area contributed by atoms with Gasteiger partial charge in [0.05, 0.1) is 34.1 Å². The SMILES string of the molecule is CC(NC(=O)c1cc(C(F)(F)F)cc(S(=O)(=O)C(F)(F)F)c1)c1nccnc1-c1ccc(OCC(F)F)cn1. The number of halogens is 8. The van der Waals surface area contributed by atoms with Crippen LogP contribution in [0, 0.1) is 0 Å². The Morgan fingerprint density at radius 3 is 2.23 bits per heavy atom. The zero-order valence-corrected chi connectivity index (χ0v) is 20.2. The normalized spacial score (nSPS) is 13.3. The Morgan fingerprint density at radius 1 is 1.00 bits per heavy atom. The first-order valence-corrected chi connectivity index (χ1v) is 12.0. The molecule has 1 amide bonds. The van der Waals surface area contributed by atoms with Gasteiger partial charge in [-0.3, -0.25) is 19.7 Å². The number of hydrogen-bond donors (Lipinski definition) is 1. The highest BCUT2D eigenvalue weighted by Gasteiger charge is 2.48. The van der Waals surface area contributed by atoms with Crippen LogP contribution < -0.4 is 10.1 Å². The lowest BCUT2D eigenvalue weighted by atomic mass is 10.1. The summed E-state index contributed by atoms with van der Waals surface area (Å²) in [5.74, 6) is -1.33. The second kappa shape index (κ2) is 11.1. The lowest BCUT2D eigenvalue weighted by molar-refractivity contribution is -0.137. The molecule has 0 aliphatic carbocycles. The molecule has 2 heterocycles. The largest absolute Gasteiger partial charge is 0.501 e. The molecule has 0 saturated carbocycles. The number of nitrogens with zero attached hydrogens (tertiary/aromatic N) is 3. The maximum Gasteiger partial charge on any atom is 0.501 e. The Hall–Kier alpha value is -3.89. The van der Waals surface area contributed by atoms with Crippen molar-refractivity contribution in [2.75, 3.05) is 6.61 Å². The third-order valence-corrected chi connectivity index (χ3v) is 6.42. The zero-order chi connectivity index (χ0) is 29.2. The zero-order valence-electron chi connectivity index (χ0n) is 19.4. The molecule has 210 valence electrons. The highest BCUT2D eigenvalue weighted by atomic mass is 32.2. The summed E-state index contributed by atoms with van der Waals surface area (Å²) in [4.78, 5) is 23.2. The van der Waals surface area contributed by atoms with Crippen LogP contribution in [0.15, 0.2) is 53.8 Å². The Bertz CT molecular complexity index is 1450. The second-order valence-corrected chi connectivity index (χ2v) is 9.70. The summed E-state index contributed by atoms with van der Waals surface area (Å²) >= 11 is 0. The van der Waals surface area contributed by atoms with Crippen LogP contribution in [0.5, 0.6) is 5.75 Å². The molecule has 3 aromatic rings. The number of carbonyl (C=O) groups is 1. The van der Waals surface area contributed by atoms with Crippen molar-refractivity contribution < 1.29 is 53.1 Å². The van der Waals surface area contributed by atoms with E-state index in [0.29, 0.717) is 0 Å². The summed E-state index contributed by atoms with van der Waals surface area (Å²) in [6.07, 6.45) is -4.42. The summed E-state index contributed by atoms with van der Waals surface area (Å²) < 4.78 is 132. The van der Waals surface area contributed by atoms with E-state index in [2.05, 4.69) is 20.3 Å². The van der Waals surface area contributed by atoms with Gasteiger partial charge in [0.1, 0.15) is 18.1 Å². The number of nitrogens with one attached hydrogen (secondary N) is 1. The minimum absolute atomic E-state index is 0.0139. The molecule has 0 aliphatic rings. The van der Waals surface area contributed by atoms with Gasteiger partial charge in [-0.1, -0.05) is 0 Å². The molecule has 17 heteroatoms. The topological polar surface area (TPSA) is 111 Å². The highest BCUT2D eigenvalue weighted by molar-refractivity contribution is 7.92. The number of hydrogen-bond acceptors (Lipinski definition) is 7. The smallest absolute Gasteiger partial charge is 0.486 e. The molecule has 2 aromatic heterocycles. The molecule has 1 atom stereocenters. The van der Waals surface area contributed by atoms with Crippen LogP contribution >= 0.6 is 0 Å². The van der Waals surface area contributed by atoms with Gasteiger partial charge in [0, 0.05) is 18.0 Å². The van der Waals surface area contributed by atoms with Crippen LogP contribution in [0.1, 0.15) is 34.6 Å². The Kier molecular flexibility index (Phi) is 8.42. The summed E-state index contributed by atoms with van der Waals surface area (Å²) in [5.41, 5.74) is -8.49. The molecular formula is C22H16F8N4O4S. The number of rotatable bonds is 8. The molecule has 1 aromatic carbocycles. The number of carbonyl (C=O) groups excluding carboxylic acids is 1. The number of sulfone groups is 1. The van der Waals surface area contributed by atoms with Gasteiger partial charge in [-0.15, -0.1) is 0 Å². The molecule has 0 fully saturated rings. The lowest BCUT2D eigenvalue weighted by Gasteiger charge is -2.18. The molecule has 39 heavy (non-hydrogen) atoms. The maximum absolute atomic E-state index is 13.3. The number of aromatic nitrogens is 3. The van der Waals surface area contributed by atoms with Crippen molar-refractivity contribution in [3.8, 4) is 17.1 Å².